The SMILES string of the molecule is CCC(c1scc(C(=O)NCC2C(=O)N=C(C)C=C2C)c1C)N1CCOCC1. The first kappa shape index (κ1) is 20.9. The van der Waals surface area contributed by atoms with Crippen LogP contribution in [0.1, 0.15) is 54.0 Å². The molecule has 1 saturated heterocycles. The Hall–Kier alpha value is -1.83. The number of hydrogen-bond acceptors (Lipinski definition) is 5. The van der Waals surface area contributed by atoms with Crippen LogP contribution in [0.3, 0.4) is 0 Å². The maximum atomic E-state index is 12.8. The molecule has 152 valence electrons. The first-order chi connectivity index (χ1) is 13.4. The third-order valence-corrected chi connectivity index (χ3v) is 6.72. The number of carbonyl (C=O) groups excluding carboxylic acids is 2. The number of nitrogens with zero attached hydrogens (tertiary/aromatic N) is 2. The Morgan fingerprint density at radius 1 is 1.36 bits per heavy atom. The van der Waals surface area contributed by atoms with Crippen LogP contribution >= 0.6 is 11.3 Å². The summed E-state index contributed by atoms with van der Waals surface area (Å²) in [6.45, 7) is 11.6. The van der Waals surface area contributed by atoms with Crippen LogP contribution in [0.5, 0.6) is 0 Å². The molecule has 3 rings (SSSR count). The number of morpholine rings is 1. The van der Waals surface area contributed by atoms with Gasteiger partial charge in [0.2, 0.25) is 0 Å². The summed E-state index contributed by atoms with van der Waals surface area (Å²) in [5, 5.41) is 4.88. The second kappa shape index (κ2) is 9.11. The zero-order valence-electron chi connectivity index (χ0n) is 17.1. The van der Waals surface area contributed by atoms with Crippen LogP contribution in [0.4, 0.5) is 0 Å². The van der Waals surface area contributed by atoms with E-state index in [0.29, 0.717) is 11.6 Å². The van der Waals surface area contributed by atoms with Crippen molar-refractivity contribution in [3.05, 3.63) is 33.0 Å². The Kier molecular flexibility index (Phi) is 6.80. The maximum absolute atomic E-state index is 12.8. The van der Waals surface area contributed by atoms with Crippen LogP contribution in [0.2, 0.25) is 0 Å². The van der Waals surface area contributed by atoms with Gasteiger partial charge < -0.3 is 10.1 Å². The first-order valence-electron chi connectivity index (χ1n) is 9.87. The minimum atomic E-state index is -0.372. The standard InChI is InChI=1S/C21H29N3O3S/c1-5-18(24-6-8-27-9-7-24)19-15(4)17(12-28-19)20(25)22-11-16-13(2)10-14(3)23-21(16)26/h10,12,16,18H,5-9,11H2,1-4H3,(H,22,25). The average Bonchev–Trinajstić information content (AvgIpc) is 3.04. The molecule has 28 heavy (non-hydrogen) atoms. The van der Waals surface area contributed by atoms with E-state index in [0.717, 1.165) is 49.6 Å². The number of thiophene rings is 1. The quantitative estimate of drug-likeness (QED) is 0.792. The second-order valence-electron chi connectivity index (χ2n) is 7.45. The van der Waals surface area contributed by atoms with Gasteiger partial charge in [-0.05, 0) is 38.8 Å². The van der Waals surface area contributed by atoms with Gasteiger partial charge >= 0.3 is 0 Å². The molecule has 1 aromatic heterocycles. The highest BCUT2D eigenvalue weighted by atomic mass is 32.1. The number of rotatable bonds is 6. The van der Waals surface area contributed by atoms with Gasteiger partial charge in [0.25, 0.3) is 11.8 Å². The van der Waals surface area contributed by atoms with Gasteiger partial charge in [-0.25, -0.2) is 4.99 Å². The lowest BCUT2D eigenvalue weighted by molar-refractivity contribution is -0.120. The Balaban J connectivity index is 1.68. The van der Waals surface area contributed by atoms with Crippen LogP contribution < -0.4 is 5.32 Å². The van der Waals surface area contributed by atoms with Crippen molar-refractivity contribution in [2.75, 3.05) is 32.8 Å². The Labute approximate surface area is 170 Å². The van der Waals surface area contributed by atoms with Crippen molar-refractivity contribution in [2.24, 2.45) is 10.9 Å². The van der Waals surface area contributed by atoms with Gasteiger partial charge in [-0.2, -0.15) is 0 Å². The molecule has 1 aromatic rings. The van der Waals surface area contributed by atoms with E-state index in [2.05, 4.69) is 22.1 Å². The minimum absolute atomic E-state index is 0.122. The summed E-state index contributed by atoms with van der Waals surface area (Å²) in [5.74, 6) is -0.676. The molecule has 0 aromatic carbocycles. The molecule has 0 aliphatic carbocycles. The topological polar surface area (TPSA) is 71.0 Å². The van der Waals surface area contributed by atoms with Gasteiger partial charge in [0.15, 0.2) is 0 Å². The molecule has 2 aliphatic rings. The molecule has 7 heteroatoms. The summed E-state index contributed by atoms with van der Waals surface area (Å²) in [5.41, 5.74) is 3.41. The minimum Gasteiger partial charge on any atom is -0.379 e. The molecule has 6 nitrogen and oxygen atoms in total. The fourth-order valence-electron chi connectivity index (χ4n) is 3.93. The number of dihydropyridines is 1. The number of ether oxygens (including phenoxy) is 1. The van der Waals surface area contributed by atoms with Crippen LogP contribution in [0.15, 0.2) is 22.0 Å². The third-order valence-electron chi connectivity index (χ3n) is 5.54. The van der Waals surface area contributed by atoms with E-state index in [-0.39, 0.29) is 24.3 Å². The van der Waals surface area contributed by atoms with Crippen molar-refractivity contribution >= 4 is 28.9 Å². The number of aliphatic imine (C=N–C) groups is 1. The molecular formula is C21H29N3O3S. The van der Waals surface area contributed by atoms with Gasteiger partial charge in [0, 0.05) is 41.6 Å². The van der Waals surface area contributed by atoms with E-state index in [1.807, 2.05) is 32.2 Å². The number of carbonyl (C=O) groups is 2. The summed E-state index contributed by atoms with van der Waals surface area (Å²) in [6, 6.07) is 0.317. The van der Waals surface area contributed by atoms with Crippen LogP contribution in [0.25, 0.3) is 0 Å². The Morgan fingerprint density at radius 3 is 2.71 bits per heavy atom. The number of allylic oxidation sites excluding steroid dienone is 1. The predicted octanol–water partition coefficient (Wildman–Crippen LogP) is 3.13. The van der Waals surface area contributed by atoms with Gasteiger partial charge in [-0.15, -0.1) is 11.3 Å². The van der Waals surface area contributed by atoms with E-state index in [4.69, 9.17) is 4.74 Å². The molecule has 2 amide bonds. The maximum Gasteiger partial charge on any atom is 0.254 e. The van der Waals surface area contributed by atoms with E-state index in [1.165, 1.54) is 4.88 Å². The van der Waals surface area contributed by atoms with Gasteiger partial charge in [0.1, 0.15) is 0 Å². The van der Waals surface area contributed by atoms with Gasteiger partial charge in [-0.1, -0.05) is 12.5 Å². The predicted molar refractivity (Wildman–Crippen MR) is 112 cm³/mol. The molecule has 0 saturated carbocycles. The van der Waals surface area contributed by atoms with E-state index >= 15 is 0 Å². The monoisotopic (exact) mass is 403 g/mol. The second-order valence-corrected chi connectivity index (χ2v) is 8.36. The average molecular weight is 404 g/mol. The first-order valence-corrected chi connectivity index (χ1v) is 10.8. The van der Waals surface area contributed by atoms with E-state index in [9.17, 15) is 9.59 Å². The fraction of sp³-hybridized carbons (Fsp3) is 0.571. The molecule has 2 unspecified atom stereocenters. The van der Waals surface area contributed by atoms with E-state index < -0.39 is 0 Å². The molecule has 2 aliphatic heterocycles. The highest BCUT2D eigenvalue weighted by Gasteiger charge is 2.27. The van der Waals surface area contributed by atoms with Crippen molar-refractivity contribution in [3.8, 4) is 0 Å². The zero-order valence-corrected chi connectivity index (χ0v) is 17.9. The lowest BCUT2D eigenvalue weighted by atomic mass is 9.95. The van der Waals surface area contributed by atoms with Crippen LogP contribution in [0, 0.1) is 12.8 Å². The molecule has 1 N–H and O–H groups in total. The molecule has 0 radical (unpaired) electrons. The summed E-state index contributed by atoms with van der Waals surface area (Å²) >= 11 is 1.65. The molecule has 0 spiro atoms. The normalized spacial score (nSPS) is 21.9. The smallest absolute Gasteiger partial charge is 0.254 e. The molecule has 0 bridgehead atoms. The molecule has 3 heterocycles. The molecule has 1 fully saturated rings. The van der Waals surface area contributed by atoms with Gasteiger partial charge in [0.05, 0.1) is 24.7 Å². The number of nitrogens with one attached hydrogen (secondary N) is 1. The van der Waals surface area contributed by atoms with Crippen molar-refractivity contribution in [1.82, 2.24) is 10.2 Å². The largest absolute Gasteiger partial charge is 0.379 e. The molecule has 2 atom stereocenters. The van der Waals surface area contributed by atoms with E-state index in [1.54, 1.807) is 11.3 Å². The lowest BCUT2D eigenvalue weighted by Gasteiger charge is -2.34. The highest BCUT2D eigenvalue weighted by molar-refractivity contribution is 7.10. The summed E-state index contributed by atoms with van der Waals surface area (Å²) in [6.07, 6.45) is 2.90. The summed E-state index contributed by atoms with van der Waals surface area (Å²) in [4.78, 5) is 32.6. The number of hydrogen-bond donors (Lipinski definition) is 1. The van der Waals surface area contributed by atoms with Crippen LogP contribution in [-0.4, -0.2) is 55.3 Å². The lowest BCUT2D eigenvalue weighted by Crippen LogP contribution is -2.39. The zero-order chi connectivity index (χ0) is 20.3. The number of amides is 2. The molecular weight excluding hydrogens is 374 g/mol. The van der Waals surface area contributed by atoms with Gasteiger partial charge in [-0.3, -0.25) is 14.5 Å². The van der Waals surface area contributed by atoms with Crippen molar-refractivity contribution in [1.29, 1.82) is 0 Å². The van der Waals surface area contributed by atoms with Crippen molar-refractivity contribution < 1.29 is 14.3 Å². The summed E-state index contributed by atoms with van der Waals surface area (Å²) in [7, 11) is 0. The summed E-state index contributed by atoms with van der Waals surface area (Å²) < 4.78 is 5.47. The Bertz CT molecular complexity index is 806. The fourth-order valence-corrected chi connectivity index (χ4v) is 5.22. The van der Waals surface area contributed by atoms with Crippen molar-refractivity contribution in [3.63, 3.8) is 0 Å². The van der Waals surface area contributed by atoms with Crippen molar-refractivity contribution in [2.45, 2.75) is 40.2 Å². The van der Waals surface area contributed by atoms with Crippen LogP contribution in [-0.2, 0) is 9.53 Å². The Morgan fingerprint density at radius 2 is 2.07 bits per heavy atom. The highest BCUT2D eigenvalue weighted by Crippen LogP contribution is 2.34. The third kappa shape index (κ3) is 4.42.